The van der Waals surface area contributed by atoms with Gasteiger partial charge in [-0.05, 0) is 18.2 Å². The van der Waals surface area contributed by atoms with E-state index in [1.165, 1.54) is 18.9 Å². The lowest BCUT2D eigenvalue weighted by Crippen LogP contribution is -2.11. The van der Waals surface area contributed by atoms with Gasteiger partial charge in [-0.1, -0.05) is 35.2 Å². The smallest absolute Gasteiger partial charge is 0.258 e. The molecule has 2 aromatic carbocycles. The van der Waals surface area contributed by atoms with E-state index in [9.17, 15) is 4.79 Å². The minimum absolute atomic E-state index is 0.223. The number of fused-ring (bicyclic) bond motifs is 4. The highest BCUT2D eigenvalue weighted by Crippen LogP contribution is 2.32. The van der Waals surface area contributed by atoms with Crippen LogP contribution in [0.25, 0.3) is 26.1 Å². The standard InChI is InChI=1S/C19H15N5O3S2/c1-26-13-7-10-11(8-14(13)27-2)20-16(21-17(10)25)9-28-18-22-23-19-24(18)12-5-3-4-6-15(12)29-19/h3-8H,9H2,1-2H3,(H,20,21,25). The Morgan fingerprint density at radius 1 is 1.14 bits per heavy atom. The van der Waals surface area contributed by atoms with Crippen LogP contribution in [0.3, 0.4) is 0 Å². The van der Waals surface area contributed by atoms with Crippen LogP contribution < -0.4 is 15.0 Å². The monoisotopic (exact) mass is 425 g/mol. The highest BCUT2D eigenvalue weighted by Gasteiger charge is 2.15. The number of aromatic nitrogens is 5. The Hall–Kier alpha value is -3.11. The summed E-state index contributed by atoms with van der Waals surface area (Å²) in [6.45, 7) is 0. The molecule has 0 saturated heterocycles. The largest absolute Gasteiger partial charge is 0.493 e. The second-order valence-electron chi connectivity index (χ2n) is 6.20. The molecule has 0 amide bonds. The summed E-state index contributed by atoms with van der Waals surface area (Å²) in [5.41, 5.74) is 1.39. The Morgan fingerprint density at radius 2 is 1.93 bits per heavy atom. The number of ether oxygens (including phenoxy) is 2. The van der Waals surface area contributed by atoms with Gasteiger partial charge in [0.25, 0.3) is 5.56 Å². The second kappa shape index (κ2) is 7.05. The number of aromatic amines is 1. The molecule has 5 rings (SSSR count). The first-order valence-electron chi connectivity index (χ1n) is 8.68. The minimum atomic E-state index is -0.223. The molecule has 0 aliphatic heterocycles. The van der Waals surface area contributed by atoms with Crippen molar-refractivity contribution in [1.82, 2.24) is 24.6 Å². The fraction of sp³-hybridized carbons (Fsp3) is 0.158. The zero-order valence-electron chi connectivity index (χ0n) is 15.5. The molecule has 0 spiro atoms. The third-order valence-corrected chi connectivity index (χ3v) is 6.46. The molecule has 0 aliphatic carbocycles. The molecule has 0 saturated carbocycles. The van der Waals surface area contributed by atoms with Crippen LogP contribution >= 0.6 is 23.1 Å². The van der Waals surface area contributed by atoms with Gasteiger partial charge in [0.1, 0.15) is 5.82 Å². The van der Waals surface area contributed by atoms with E-state index < -0.39 is 0 Å². The van der Waals surface area contributed by atoms with Gasteiger partial charge in [-0.3, -0.25) is 9.20 Å². The average molecular weight is 425 g/mol. The van der Waals surface area contributed by atoms with Crippen molar-refractivity contribution in [3.8, 4) is 11.5 Å². The van der Waals surface area contributed by atoms with Crippen molar-refractivity contribution in [3.63, 3.8) is 0 Å². The third-order valence-electron chi connectivity index (χ3n) is 4.51. The average Bonchev–Trinajstić information content (AvgIpc) is 3.30. The molecule has 0 bridgehead atoms. The van der Waals surface area contributed by atoms with Crippen LogP contribution in [0.5, 0.6) is 11.5 Å². The van der Waals surface area contributed by atoms with Gasteiger partial charge in [0.05, 0.1) is 41.1 Å². The zero-order valence-corrected chi connectivity index (χ0v) is 17.1. The Morgan fingerprint density at radius 3 is 2.76 bits per heavy atom. The topological polar surface area (TPSA) is 94.4 Å². The van der Waals surface area contributed by atoms with E-state index >= 15 is 0 Å². The van der Waals surface area contributed by atoms with E-state index in [0.717, 1.165) is 20.3 Å². The molecule has 8 nitrogen and oxygen atoms in total. The summed E-state index contributed by atoms with van der Waals surface area (Å²) in [7, 11) is 3.08. The molecular formula is C19H15N5O3S2. The number of thiazole rings is 1. The fourth-order valence-electron chi connectivity index (χ4n) is 3.16. The van der Waals surface area contributed by atoms with Crippen LogP contribution in [0.2, 0.25) is 0 Å². The van der Waals surface area contributed by atoms with Crippen molar-refractivity contribution in [3.05, 3.63) is 52.6 Å². The predicted octanol–water partition coefficient (Wildman–Crippen LogP) is 3.49. The number of methoxy groups -OCH3 is 2. The van der Waals surface area contributed by atoms with Crippen molar-refractivity contribution in [2.45, 2.75) is 10.9 Å². The SMILES string of the molecule is COc1cc2nc(CSc3nnc4sc5ccccc5n34)[nH]c(=O)c2cc1OC. The summed E-state index contributed by atoms with van der Waals surface area (Å²) in [5, 5.41) is 9.76. The van der Waals surface area contributed by atoms with Crippen molar-refractivity contribution in [1.29, 1.82) is 0 Å². The number of nitrogens with zero attached hydrogens (tertiary/aromatic N) is 4. The first kappa shape index (κ1) is 18.0. The number of para-hydroxylation sites is 1. The highest BCUT2D eigenvalue weighted by molar-refractivity contribution is 7.98. The van der Waals surface area contributed by atoms with Gasteiger partial charge >= 0.3 is 0 Å². The highest BCUT2D eigenvalue weighted by atomic mass is 32.2. The molecule has 0 aliphatic rings. The summed E-state index contributed by atoms with van der Waals surface area (Å²) in [5.74, 6) is 2.02. The second-order valence-corrected chi connectivity index (χ2v) is 8.15. The zero-order chi connectivity index (χ0) is 20.0. The van der Waals surface area contributed by atoms with Crippen LogP contribution in [0.1, 0.15) is 5.82 Å². The molecule has 5 aromatic rings. The molecule has 10 heteroatoms. The maximum Gasteiger partial charge on any atom is 0.258 e. The first-order valence-corrected chi connectivity index (χ1v) is 10.5. The van der Waals surface area contributed by atoms with E-state index in [0.29, 0.717) is 34.0 Å². The van der Waals surface area contributed by atoms with Crippen LogP contribution in [0.15, 0.2) is 46.3 Å². The third kappa shape index (κ3) is 3.00. The fourth-order valence-corrected chi connectivity index (χ4v) is 5.00. The number of benzene rings is 2. The molecule has 0 fully saturated rings. The van der Waals surface area contributed by atoms with E-state index in [4.69, 9.17) is 9.47 Å². The lowest BCUT2D eigenvalue weighted by atomic mass is 10.2. The lowest BCUT2D eigenvalue weighted by molar-refractivity contribution is 0.355. The molecule has 29 heavy (non-hydrogen) atoms. The van der Waals surface area contributed by atoms with Gasteiger partial charge in [0, 0.05) is 6.07 Å². The van der Waals surface area contributed by atoms with Gasteiger partial charge in [0.15, 0.2) is 16.7 Å². The molecule has 3 aromatic heterocycles. The molecule has 3 heterocycles. The minimum Gasteiger partial charge on any atom is -0.493 e. The summed E-state index contributed by atoms with van der Waals surface area (Å²) in [4.78, 5) is 20.8. The maximum absolute atomic E-state index is 12.5. The van der Waals surface area contributed by atoms with Crippen molar-refractivity contribution in [2.24, 2.45) is 0 Å². The van der Waals surface area contributed by atoms with Crippen molar-refractivity contribution < 1.29 is 9.47 Å². The lowest BCUT2D eigenvalue weighted by Gasteiger charge is -2.09. The van der Waals surface area contributed by atoms with Gasteiger partial charge in [-0.15, -0.1) is 10.2 Å². The summed E-state index contributed by atoms with van der Waals surface area (Å²) in [6, 6.07) is 11.4. The number of thioether (sulfide) groups is 1. The quantitative estimate of drug-likeness (QED) is 0.431. The Labute approximate surface area is 172 Å². The van der Waals surface area contributed by atoms with Crippen LogP contribution in [-0.2, 0) is 5.75 Å². The van der Waals surface area contributed by atoms with Gasteiger partial charge in [0.2, 0.25) is 4.96 Å². The van der Waals surface area contributed by atoms with Gasteiger partial charge in [-0.2, -0.15) is 0 Å². The molecule has 146 valence electrons. The maximum atomic E-state index is 12.5. The Balaban J connectivity index is 1.51. The van der Waals surface area contributed by atoms with E-state index in [1.54, 1.807) is 30.6 Å². The van der Waals surface area contributed by atoms with E-state index in [1.807, 2.05) is 22.6 Å². The van der Waals surface area contributed by atoms with E-state index in [-0.39, 0.29) is 5.56 Å². The normalized spacial score (nSPS) is 11.5. The molecule has 1 N–H and O–H groups in total. The van der Waals surface area contributed by atoms with Crippen molar-refractivity contribution in [2.75, 3.05) is 14.2 Å². The molecule has 0 atom stereocenters. The summed E-state index contributed by atoms with van der Waals surface area (Å²) in [6.07, 6.45) is 0. The van der Waals surface area contributed by atoms with Crippen LogP contribution in [0.4, 0.5) is 0 Å². The number of hydrogen-bond acceptors (Lipinski definition) is 8. The number of H-pyrrole nitrogens is 1. The molecule has 0 radical (unpaired) electrons. The summed E-state index contributed by atoms with van der Waals surface area (Å²) < 4.78 is 13.8. The van der Waals surface area contributed by atoms with Gasteiger partial charge in [-0.25, -0.2) is 4.98 Å². The first-order chi connectivity index (χ1) is 14.2. The number of hydrogen-bond donors (Lipinski definition) is 1. The number of rotatable bonds is 5. The van der Waals surface area contributed by atoms with Crippen LogP contribution in [0, 0.1) is 0 Å². The molecule has 0 unspecified atom stereocenters. The van der Waals surface area contributed by atoms with E-state index in [2.05, 4.69) is 26.2 Å². The van der Waals surface area contributed by atoms with Gasteiger partial charge < -0.3 is 14.5 Å². The Bertz CT molecular complexity index is 1420. The number of nitrogens with one attached hydrogen (secondary N) is 1. The predicted molar refractivity (Wildman–Crippen MR) is 113 cm³/mol. The van der Waals surface area contributed by atoms with Crippen LogP contribution in [-0.4, -0.2) is 38.8 Å². The molecular weight excluding hydrogens is 410 g/mol. The van der Waals surface area contributed by atoms with Crippen molar-refractivity contribution >= 4 is 49.2 Å². The Kier molecular flexibility index (Phi) is 4.36. The summed E-state index contributed by atoms with van der Waals surface area (Å²) >= 11 is 3.06.